The van der Waals surface area contributed by atoms with Gasteiger partial charge in [-0.05, 0) is 56.1 Å². The Labute approximate surface area is 159 Å². The van der Waals surface area contributed by atoms with Crippen molar-refractivity contribution >= 4 is 5.91 Å². The van der Waals surface area contributed by atoms with Crippen LogP contribution in [-0.2, 0) is 4.74 Å². The van der Waals surface area contributed by atoms with Crippen LogP contribution in [0.5, 0.6) is 0 Å². The number of hydrogen-bond acceptors (Lipinski definition) is 4. The Hall–Kier alpha value is -2.21. The highest BCUT2D eigenvalue weighted by Crippen LogP contribution is 2.44. The molecule has 1 atom stereocenters. The summed E-state index contributed by atoms with van der Waals surface area (Å²) in [6.45, 7) is 3.59. The summed E-state index contributed by atoms with van der Waals surface area (Å²) in [7, 11) is 0. The van der Waals surface area contributed by atoms with E-state index in [2.05, 4.69) is 46.4 Å². The van der Waals surface area contributed by atoms with E-state index < -0.39 is 0 Å². The minimum absolute atomic E-state index is 0.0518. The van der Waals surface area contributed by atoms with Gasteiger partial charge in [0.15, 0.2) is 5.69 Å². The third kappa shape index (κ3) is 3.16. The van der Waals surface area contributed by atoms with Gasteiger partial charge in [0.2, 0.25) is 0 Å². The lowest BCUT2D eigenvalue weighted by molar-refractivity contribution is 0.0510. The molecule has 1 amide bonds. The molecule has 3 aliphatic rings. The number of carbonyl (C=O) groups excluding carboxylic acids is 1. The minimum atomic E-state index is 0.0518. The predicted molar refractivity (Wildman–Crippen MR) is 101 cm³/mol. The topological polar surface area (TPSA) is 60.2 Å². The van der Waals surface area contributed by atoms with E-state index in [1.807, 2.05) is 10.9 Å². The van der Waals surface area contributed by atoms with E-state index in [1.165, 1.54) is 11.1 Å². The Bertz CT molecular complexity index is 832. The molecule has 6 nitrogen and oxygen atoms in total. The van der Waals surface area contributed by atoms with Gasteiger partial charge >= 0.3 is 0 Å². The van der Waals surface area contributed by atoms with Gasteiger partial charge in [-0.2, -0.15) is 0 Å². The molecule has 0 N–H and O–H groups in total. The van der Waals surface area contributed by atoms with Gasteiger partial charge in [-0.3, -0.25) is 4.79 Å². The zero-order chi connectivity index (χ0) is 18.4. The zero-order valence-electron chi connectivity index (χ0n) is 15.8. The number of carbonyl (C=O) groups is 1. The summed E-state index contributed by atoms with van der Waals surface area (Å²) < 4.78 is 7.23. The number of benzene rings is 1. The smallest absolute Gasteiger partial charge is 0.276 e. The van der Waals surface area contributed by atoms with Gasteiger partial charge in [0.05, 0.1) is 18.8 Å². The van der Waals surface area contributed by atoms with Crippen molar-refractivity contribution in [2.24, 2.45) is 0 Å². The molecule has 1 unspecified atom stereocenters. The molecule has 27 heavy (non-hydrogen) atoms. The molecule has 6 heteroatoms. The van der Waals surface area contributed by atoms with E-state index in [4.69, 9.17) is 4.74 Å². The molecule has 0 radical (unpaired) electrons. The largest absolute Gasteiger partial charge is 0.379 e. The molecule has 2 aromatic rings. The first-order valence-corrected chi connectivity index (χ1v) is 10.1. The van der Waals surface area contributed by atoms with Crippen molar-refractivity contribution in [1.82, 2.24) is 19.9 Å². The molecular formula is C21H26N4O2. The zero-order valence-corrected chi connectivity index (χ0v) is 15.8. The van der Waals surface area contributed by atoms with Crippen LogP contribution in [0.4, 0.5) is 0 Å². The second kappa shape index (κ2) is 6.75. The molecule has 142 valence electrons. The van der Waals surface area contributed by atoms with Crippen LogP contribution in [0.2, 0.25) is 0 Å². The third-order valence-corrected chi connectivity index (χ3v) is 6.32. The molecule has 1 aliphatic heterocycles. The van der Waals surface area contributed by atoms with Crippen LogP contribution < -0.4 is 0 Å². The van der Waals surface area contributed by atoms with E-state index in [0.717, 1.165) is 38.7 Å². The molecule has 2 heterocycles. The maximum atomic E-state index is 13.2. The van der Waals surface area contributed by atoms with Crippen LogP contribution in [0.25, 0.3) is 0 Å². The number of aromatic nitrogens is 3. The fraction of sp³-hybridized carbons (Fsp3) is 0.571. The van der Waals surface area contributed by atoms with Crippen molar-refractivity contribution in [3.63, 3.8) is 0 Å². The quantitative estimate of drug-likeness (QED) is 0.816. The Kier molecular flexibility index (Phi) is 4.23. The monoisotopic (exact) mass is 366 g/mol. The van der Waals surface area contributed by atoms with Crippen LogP contribution in [0, 0.1) is 6.92 Å². The highest BCUT2D eigenvalue weighted by atomic mass is 16.5. The summed E-state index contributed by atoms with van der Waals surface area (Å²) in [6.07, 6.45) is 7.08. The van der Waals surface area contributed by atoms with Crippen LogP contribution in [0.3, 0.4) is 0 Å². The van der Waals surface area contributed by atoms with Crippen molar-refractivity contribution in [1.29, 1.82) is 0 Å². The first-order valence-electron chi connectivity index (χ1n) is 10.1. The van der Waals surface area contributed by atoms with E-state index in [1.54, 1.807) is 0 Å². The molecule has 5 rings (SSSR count). The van der Waals surface area contributed by atoms with Crippen molar-refractivity contribution in [2.75, 3.05) is 13.2 Å². The number of rotatable bonds is 5. The number of ether oxygens (including phenoxy) is 1. The first kappa shape index (κ1) is 16.9. The second-order valence-corrected chi connectivity index (χ2v) is 8.22. The van der Waals surface area contributed by atoms with Gasteiger partial charge in [0.25, 0.3) is 5.91 Å². The molecule has 2 aliphatic carbocycles. The lowest BCUT2D eigenvalue weighted by Gasteiger charge is -2.43. The Morgan fingerprint density at radius 1 is 1.19 bits per heavy atom. The number of amides is 1. The predicted octanol–water partition coefficient (Wildman–Crippen LogP) is 3.10. The van der Waals surface area contributed by atoms with E-state index in [9.17, 15) is 4.79 Å². The van der Waals surface area contributed by atoms with E-state index >= 15 is 0 Å². The Morgan fingerprint density at radius 2 is 2.00 bits per heavy atom. The third-order valence-electron chi connectivity index (χ3n) is 6.32. The molecule has 0 spiro atoms. The summed E-state index contributed by atoms with van der Waals surface area (Å²) in [6, 6.07) is 9.54. The second-order valence-electron chi connectivity index (χ2n) is 8.22. The summed E-state index contributed by atoms with van der Waals surface area (Å²) >= 11 is 0. The minimum Gasteiger partial charge on any atom is -0.379 e. The summed E-state index contributed by atoms with van der Waals surface area (Å²) in [5.41, 5.74) is 3.27. The Balaban J connectivity index is 1.29. The molecule has 1 aromatic heterocycles. The molecule has 2 saturated carbocycles. The SMILES string of the molecule is Cc1ccccc1C1CC(N(C(=O)c2cn(C3CCOC3)nn2)C2CC2)C1. The molecule has 1 saturated heterocycles. The Morgan fingerprint density at radius 3 is 2.70 bits per heavy atom. The molecule has 1 aromatic carbocycles. The highest BCUT2D eigenvalue weighted by Gasteiger charge is 2.44. The van der Waals surface area contributed by atoms with Crippen molar-refractivity contribution < 1.29 is 9.53 Å². The number of hydrogen-bond donors (Lipinski definition) is 0. The maximum Gasteiger partial charge on any atom is 0.276 e. The lowest BCUT2D eigenvalue weighted by Crippen LogP contribution is -2.48. The molecule has 3 fully saturated rings. The average molecular weight is 366 g/mol. The summed E-state index contributed by atoms with van der Waals surface area (Å²) in [5, 5.41) is 8.39. The number of nitrogens with zero attached hydrogens (tertiary/aromatic N) is 4. The normalized spacial score (nSPS) is 27.4. The van der Waals surface area contributed by atoms with Crippen LogP contribution in [-0.4, -0.2) is 51.1 Å². The number of aryl methyl sites for hydroxylation is 1. The standard InChI is InChI=1S/C21H26N4O2/c1-14-4-2-3-5-19(14)15-10-18(11-15)25(16-6-7-16)21(26)20-12-24(23-22-20)17-8-9-27-13-17/h2-5,12,15-18H,6-11,13H2,1H3. The van der Waals surface area contributed by atoms with Gasteiger partial charge in [-0.1, -0.05) is 29.5 Å². The van der Waals surface area contributed by atoms with Gasteiger partial charge in [-0.25, -0.2) is 4.68 Å². The molecule has 0 bridgehead atoms. The maximum absolute atomic E-state index is 13.2. The van der Waals surface area contributed by atoms with Crippen molar-refractivity contribution in [3.05, 3.63) is 47.3 Å². The first-order chi connectivity index (χ1) is 13.2. The van der Waals surface area contributed by atoms with Crippen LogP contribution in [0.1, 0.15) is 65.7 Å². The van der Waals surface area contributed by atoms with Crippen molar-refractivity contribution in [2.45, 2.75) is 63.1 Å². The average Bonchev–Trinajstić information content (AvgIpc) is 3.11. The fourth-order valence-corrected chi connectivity index (χ4v) is 4.51. The lowest BCUT2D eigenvalue weighted by atomic mass is 9.73. The fourth-order valence-electron chi connectivity index (χ4n) is 4.51. The molecular weight excluding hydrogens is 340 g/mol. The van der Waals surface area contributed by atoms with Crippen LogP contribution in [0.15, 0.2) is 30.5 Å². The highest BCUT2D eigenvalue weighted by molar-refractivity contribution is 5.92. The van der Waals surface area contributed by atoms with Crippen molar-refractivity contribution in [3.8, 4) is 0 Å². The van der Waals surface area contributed by atoms with E-state index in [0.29, 0.717) is 30.3 Å². The summed E-state index contributed by atoms with van der Waals surface area (Å²) in [5.74, 6) is 0.618. The van der Waals surface area contributed by atoms with Crippen LogP contribution >= 0.6 is 0 Å². The van der Waals surface area contributed by atoms with Gasteiger partial charge in [0, 0.05) is 18.7 Å². The van der Waals surface area contributed by atoms with Gasteiger partial charge in [-0.15, -0.1) is 5.10 Å². The summed E-state index contributed by atoms with van der Waals surface area (Å²) in [4.78, 5) is 15.3. The van der Waals surface area contributed by atoms with Gasteiger partial charge in [0.1, 0.15) is 0 Å². The van der Waals surface area contributed by atoms with Gasteiger partial charge < -0.3 is 9.64 Å². The van der Waals surface area contributed by atoms with E-state index in [-0.39, 0.29) is 11.9 Å².